The first-order valence-electron chi connectivity index (χ1n) is 5.71. The zero-order valence-corrected chi connectivity index (χ0v) is 10.3. The minimum atomic E-state index is -1.50. The molecule has 0 atom stereocenters. The van der Waals surface area contributed by atoms with Crippen molar-refractivity contribution in [2.45, 2.75) is 6.42 Å². The number of ether oxygens (including phenoxy) is 1. The number of carboxylic acid groups (broad SMARTS) is 1. The van der Waals surface area contributed by atoms with E-state index in [1.165, 1.54) is 6.07 Å². The molecule has 1 rings (SSSR count). The van der Waals surface area contributed by atoms with Crippen molar-refractivity contribution in [2.24, 2.45) is 0 Å². The van der Waals surface area contributed by atoms with Crippen LogP contribution in [-0.4, -0.2) is 30.8 Å². The smallest absolute Gasteiger partial charge is 0.338 e. The van der Waals surface area contributed by atoms with Crippen molar-refractivity contribution in [3.05, 3.63) is 42.0 Å². The molecule has 0 spiro atoms. The quantitative estimate of drug-likeness (QED) is 0.563. The van der Waals surface area contributed by atoms with E-state index in [4.69, 9.17) is 9.84 Å². The third kappa shape index (κ3) is 4.33. The van der Waals surface area contributed by atoms with Gasteiger partial charge in [0, 0.05) is 6.54 Å². The van der Waals surface area contributed by atoms with Gasteiger partial charge in [-0.15, -0.1) is 6.58 Å². The summed E-state index contributed by atoms with van der Waals surface area (Å²) in [6, 6.07) is 2.20. The Labute approximate surface area is 109 Å². The summed E-state index contributed by atoms with van der Waals surface area (Å²) in [5.74, 6) is -4.08. The predicted octanol–water partition coefficient (Wildman–Crippen LogP) is 2.67. The number of aromatic carboxylic acids is 1. The van der Waals surface area contributed by atoms with Crippen LogP contribution >= 0.6 is 0 Å². The molecule has 0 fully saturated rings. The molecule has 0 unspecified atom stereocenters. The fraction of sp³-hybridized carbons (Fsp3) is 0.308. The van der Waals surface area contributed by atoms with E-state index in [1.807, 2.05) is 0 Å². The zero-order valence-electron chi connectivity index (χ0n) is 10.3. The number of hydrogen-bond donors (Lipinski definition) is 2. The third-order valence-electron chi connectivity index (χ3n) is 2.34. The van der Waals surface area contributed by atoms with Gasteiger partial charge in [0.2, 0.25) is 0 Å². The maximum Gasteiger partial charge on any atom is 0.338 e. The summed E-state index contributed by atoms with van der Waals surface area (Å²) < 4.78 is 32.0. The molecule has 4 nitrogen and oxygen atoms in total. The highest BCUT2D eigenvalue weighted by Crippen LogP contribution is 2.20. The van der Waals surface area contributed by atoms with Gasteiger partial charge in [-0.05, 0) is 18.6 Å². The highest BCUT2D eigenvalue weighted by atomic mass is 19.2. The molecule has 104 valence electrons. The van der Waals surface area contributed by atoms with Gasteiger partial charge in [-0.25, -0.2) is 13.6 Å². The fourth-order valence-electron chi connectivity index (χ4n) is 1.38. The maximum atomic E-state index is 13.5. The lowest BCUT2D eigenvalue weighted by Gasteiger charge is -2.09. The van der Waals surface area contributed by atoms with Crippen molar-refractivity contribution in [1.82, 2.24) is 0 Å². The lowest BCUT2D eigenvalue weighted by molar-refractivity contribution is 0.0690. The fourth-order valence-corrected chi connectivity index (χ4v) is 1.38. The number of anilines is 1. The number of rotatable bonds is 8. The van der Waals surface area contributed by atoms with Crippen molar-refractivity contribution >= 4 is 11.7 Å². The zero-order chi connectivity index (χ0) is 14.3. The number of carbonyl (C=O) groups is 1. The SMILES string of the molecule is C=CCCOCCNc1ccc(C(=O)O)c(F)c1F. The van der Waals surface area contributed by atoms with Crippen molar-refractivity contribution in [3.8, 4) is 0 Å². The molecule has 0 aliphatic heterocycles. The number of hydrogen-bond acceptors (Lipinski definition) is 3. The van der Waals surface area contributed by atoms with Gasteiger partial charge in [-0.1, -0.05) is 6.08 Å². The first-order chi connectivity index (χ1) is 9.07. The summed E-state index contributed by atoms with van der Waals surface area (Å²) in [5, 5.41) is 11.3. The molecule has 2 N–H and O–H groups in total. The van der Waals surface area contributed by atoms with E-state index in [9.17, 15) is 13.6 Å². The van der Waals surface area contributed by atoms with Gasteiger partial charge in [-0.3, -0.25) is 0 Å². The van der Waals surface area contributed by atoms with Crippen LogP contribution in [0.5, 0.6) is 0 Å². The molecule has 1 aromatic carbocycles. The Morgan fingerprint density at radius 1 is 1.37 bits per heavy atom. The highest BCUT2D eigenvalue weighted by molar-refractivity contribution is 5.88. The third-order valence-corrected chi connectivity index (χ3v) is 2.34. The van der Waals surface area contributed by atoms with Gasteiger partial charge in [0.05, 0.1) is 24.5 Å². The highest BCUT2D eigenvalue weighted by Gasteiger charge is 2.17. The second kappa shape index (κ2) is 7.48. The molecule has 0 aliphatic carbocycles. The first-order valence-corrected chi connectivity index (χ1v) is 5.71. The Bertz CT molecular complexity index is 463. The normalized spacial score (nSPS) is 10.2. The Balaban J connectivity index is 2.53. The van der Waals surface area contributed by atoms with Gasteiger partial charge in [0.15, 0.2) is 11.6 Å². The van der Waals surface area contributed by atoms with Gasteiger partial charge in [-0.2, -0.15) is 0 Å². The van der Waals surface area contributed by atoms with Gasteiger partial charge < -0.3 is 15.2 Å². The molecular formula is C13H15F2NO3. The van der Waals surface area contributed by atoms with Crippen LogP contribution in [0.4, 0.5) is 14.5 Å². The van der Waals surface area contributed by atoms with E-state index in [1.54, 1.807) is 6.08 Å². The van der Waals surface area contributed by atoms with Crippen LogP contribution in [0.1, 0.15) is 16.8 Å². The van der Waals surface area contributed by atoms with E-state index in [2.05, 4.69) is 11.9 Å². The van der Waals surface area contributed by atoms with Crippen LogP contribution in [0.3, 0.4) is 0 Å². The van der Waals surface area contributed by atoms with E-state index in [0.29, 0.717) is 19.8 Å². The second-order valence-electron chi connectivity index (χ2n) is 3.71. The van der Waals surface area contributed by atoms with E-state index in [0.717, 1.165) is 12.5 Å². The maximum absolute atomic E-state index is 13.5. The number of halogens is 2. The summed E-state index contributed by atoms with van der Waals surface area (Å²) in [5.41, 5.74) is -0.778. The number of benzene rings is 1. The first kappa shape index (κ1) is 15.1. The van der Waals surface area contributed by atoms with Crippen molar-refractivity contribution in [2.75, 3.05) is 25.1 Å². The van der Waals surface area contributed by atoms with Crippen LogP contribution < -0.4 is 5.32 Å². The van der Waals surface area contributed by atoms with Crippen molar-refractivity contribution < 1.29 is 23.4 Å². The minimum absolute atomic E-state index is 0.0881. The van der Waals surface area contributed by atoms with Gasteiger partial charge in [0.1, 0.15) is 0 Å². The molecule has 1 aromatic rings. The molecule has 0 saturated heterocycles. The molecule has 6 heteroatoms. The predicted molar refractivity (Wildman–Crippen MR) is 67.4 cm³/mol. The molecule has 0 aromatic heterocycles. The molecule has 0 aliphatic rings. The van der Waals surface area contributed by atoms with Crippen LogP contribution in [0.25, 0.3) is 0 Å². The summed E-state index contributed by atoms with van der Waals surface area (Å²) in [6.45, 7) is 4.67. The van der Waals surface area contributed by atoms with Gasteiger partial charge in [0.25, 0.3) is 0 Å². The summed E-state index contributed by atoms with van der Waals surface area (Å²) in [7, 11) is 0. The van der Waals surface area contributed by atoms with Crippen molar-refractivity contribution in [1.29, 1.82) is 0 Å². The van der Waals surface area contributed by atoms with Crippen LogP contribution in [0, 0.1) is 11.6 Å². The average molecular weight is 271 g/mol. The lowest BCUT2D eigenvalue weighted by atomic mass is 10.2. The Kier molecular flexibility index (Phi) is 5.95. The molecular weight excluding hydrogens is 256 g/mol. The minimum Gasteiger partial charge on any atom is -0.478 e. The van der Waals surface area contributed by atoms with Crippen LogP contribution in [-0.2, 0) is 4.74 Å². The van der Waals surface area contributed by atoms with E-state index < -0.39 is 23.2 Å². The number of carboxylic acids is 1. The molecule has 0 amide bonds. The summed E-state index contributed by atoms with van der Waals surface area (Å²) >= 11 is 0. The molecule has 0 bridgehead atoms. The topological polar surface area (TPSA) is 58.6 Å². The standard InChI is InChI=1S/C13H15F2NO3/c1-2-3-7-19-8-6-16-10-5-4-9(13(17)18)11(14)12(10)15/h2,4-5,16H,1,3,6-8H2,(H,17,18). The summed E-state index contributed by atoms with van der Waals surface area (Å²) in [4.78, 5) is 10.6. The van der Waals surface area contributed by atoms with Gasteiger partial charge >= 0.3 is 5.97 Å². The molecule has 0 saturated carbocycles. The Morgan fingerprint density at radius 3 is 2.74 bits per heavy atom. The lowest BCUT2D eigenvalue weighted by Crippen LogP contribution is -2.12. The second-order valence-corrected chi connectivity index (χ2v) is 3.71. The van der Waals surface area contributed by atoms with Crippen LogP contribution in [0.15, 0.2) is 24.8 Å². The van der Waals surface area contributed by atoms with E-state index >= 15 is 0 Å². The van der Waals surface area contributed by atoms with Crippen LogP contribution in [0.2, 0.25) is 0 Å². The molecule has 0 radical (unpaired) electrons. The van der Waals surface area contributed by atoms with Crippen molar-refractivity contribution in [3.63, 3.8) is 0 Å². The molecule has 0 heterocycles. The number of nitrogens with one attached hydrogen (secondary N) is 1. The van der Waals surface area contributed by atoms with E-state index in [-0.39, 0.29) is 5.69 Å². The summed E-state index contributed by atoms with van der Waals surface area (Å²) in [6.07, 6.45) is 2.43. The Morgan fingerprint density at radius 2 is 2.11 bits per heavy atom. The average Bonchev–Trinajstić information content (AvgIpc) is 2.38. The Hall–Kier alpha value is -1.95. The largest absolute Gasteiger partial charge is 0.478 e. The molecule has 19 heavy (non-hydrogen) atoms. The monoisotopic (exact) mass is 271 g/mol.